The van der Waals surface area contributed by atoms with Crippen LogP contribution in [0.4, 0.5) is 10.5 Å². The van der Waals surface area contributed by atoms with Gasteiger partial charge in [-0.05, 0) is 42.5 Å². The number of methoxy groups -OCH3 is 3. The molecule has 2 aromatic carbocycles. The van der Waals surface area contributed by atoms with E-state index in [4.69, 9.17) is 9.47 Å². The first-order valence-corrected chi connectivity index (χ1v) is 7.51. The summed E-state index contributed by atoms with van der Waals surface area (Å²) in [4.78, 5) is 23.4. The van der Waals surface area contributed by atoms with Gasteiger partial charge in [-0.3, -0.25) is 0 Å². The van der Waals surface area contributed by atoms with Crippen LogP contribution in [-0.4, -0.2) is 33.3 Å². The number of hydrogen-bond acceptors (Lipinski definition) is 5. The van der Waals surface area contributed by atoms with Gasteiger partial charge in [0.1, 0.15) is 11.5 Å². The Balaban J connectivity index is 1.96. The molecule has 0 aliphatic heterocycles. The fourth-order valence-corrected chi connectivity index (χ4v) is 2.18. The summed E-state index contributed by atoms with van der Waals surface area (Å²) in [5.41, 5.74) is 1.76. The molecule has 25 heavy (non-hydrogen) atoms. The lowest BCUT2D eigenvalue weighted by Gasteiger charge is -2.12. The predicted octanol–water partition coefficient (Wildman–Crippen LogP) is 2.81. The maximum absolute atomic E-state index is 12.0. The zero-order chi connectivity index (χ0) is 18.2. The van der Waals surface area contributed by atoms with E-state index < -0.39 is 5.97 Å². The van der Waals surface area contributed by atoms with E-state index >= 15 is 0 Å². The third-order valence-corrected chi connectivity index (χ3v) is 3.49. The Morgan fingerprint density at radius 2 is 1.68 bits per heavy atom. The molecule has 7 heteroatoms. The Bertz CT molecular complexity index is 744. The van der Waals surface area contributed by atoms with Crippen LogP contribution in [0, 0.1) is 0 Å². The molecular weight excluding hydrogens is 324 g/mol. The van der Waals surface area contributed by atoms with Gasteiger partial charge >= 0.3 is 12.0 Å². The first-order valence-electron chi connectivity index (χ1n) is 7.51. The molecule has 0 bridgehead atoms. The lowest BCUT2D eigenvalue weighted by molar-refractivity contribution is 0.0600. The monoisotopic (exact) mass is 344 g/mol. The van der Waals surface area contributed by atoms with Gasteiger partial charge in [0.25, 0.3) is 0 Å². The van der Waals surface area contributed by atoms with E-state index in [0.29, 0.717) is 22.7 Å². The Hall–Kier alpha value is -3.22. The molecule has 7 nitrogen and oxygen atoms in total. The smallest absolute Gasteiger partial charge is 0.337 e. The van der Waals surface area contributed by atoms with Crippen molar-refractivity contribution in [3.05, 3.63) is 53.6 Å². The minimum Gasteiger partial charge on any atom is -0.497 e. The van der Waals surface area contributed by atoms with E-state index in [1.807, 2.05) is 0 Å². The van der Waals surface area contributed by atoms with Crippen molar-refractivity contribution in [3.8, 4) is 11.5 Å². The first-order chi connectivity index (χ1) is 12.1. The van der Waals surface area contributed by atoms with Crippen molar-refractivity contribution < 1.29 is 23.8 Å². The quantitative estimate of drug-likeness (QED) is 0.787. The average Bonchev–Trinajstić information content (AvgIpc) is 2.66. The van der Waals surface area contributed by atoms with Crippen molar-refractivity contribution >= 4 is 17.7 Å². The van der Waals surface area contributed by atoms with Gasteiger partial charge in [-0.2, -0.15) is 0 Å². The second-order valence-corrected chi connectivity index (χ2v) is 5.05. The number of carbonyl (C=O) groups is 2. The lowest BCUT2D eigenvalue weighted by Crippen LogP contribution is -2.28. The van der Waals surface area contributed by atoms with Gasteiger partial charge in [0.2, 0.25) is 0 Å². The molecule has 132 valence electrons. The van der Waals surface area contributed by atoms with Crippen LogP contribution in [0.5, 0.6) is 11.5 Å². The van der Waals surface area contributed by atoms with E-state index in [1.165, 1.54) is 7.11 Å². The van der Waals surface area contributed by atoms with Crippen molar-refractivity contribution in [2.75, 3.05) is 26.6 Å². The molecule has 0 aliphatic carbocycles. The van der Waals surface area contributed by atoms with Crippen LogP contribution in [0.15, 0.2) is 42.5 Å². The van der Waals surface area contributed by atoms with Crippen molar-refractivity contribution in [2.24, 2.45) is 0 Å². The molecule has 0 atom stereocenters. The van der Waals surface area contributed by atoms with Gasteiger partial charge in [-0.15, -0.1) is 0 Å². The van der Waals surface area contributed by atoms with Gasteiger partial charge in [-0.1, -0.05) is 0 Å². The van der Waals surface area contributed by atoms with E-state index in [-0.39, 0.29) is 12.6 Å². The van der Waals surface area contributed by atoms with Crippen molar-refractivity contribution in [1.29, 1.82) is 0 Å². The summed E-state index contributed by atoms with van der Waals surface area (Å²) >= 11 is 0. The standard InChI is InChI=1S/C18H20N2O5/c1-23-15-8-9-16(24-2)13(10-15)11-19-18(22)20-14-6-4-12(5-7-14)17(21)25-3/h4-10H,11H2,1-3H3,(H2,19,20,22). The molecule has 0 unspecified atom stereocenters. The summed E-state index contributed by atoms with van der Waals surface area (Å²) in [5, 5.41) is 5.43. The second kappa shape index (κ2) is 8.58. The van der Waals surface area contributed by atoms with Gasteiger partial charge < -0.3 is 24.8 Å². The van der Waals surface area contributed by atoms with Gasteiger partial charge in [0.05, 0.1) is 26.9 Å². The summed E-state index contributed by atoms with van der Waals surface area (Å²) in [6.45, 7) is 0.270. The molecule has 2 amide bonds. The van der Waals surface area contributed by atoms with Gasteiger partial charge in [0, 0.05) is 17.8 Å². The number of ether oxygens (including phenoxy) is 3. The zero-order valence-corrected chi connectivity index (χ0v) is 14.3. The molecule has 0 aromatic heterocycles. The second-order valence-electron chi connectivity index (χ2n) is 5.05. The molecule has 0 radical (unpaired) electrons. The SMILES string of the molecule is COC(=O)c1ccc(NC(=O)NCc2cc(OC)ccc2OC)cc1. The first kappa shape index (κ1) is 18.1. The number of anilines is 1. The summed E-state index contributed by atoms with van der Waals surface area (Å²) in [6, 6.07) is 11.4. The number of carbonyl (C=O) groups excluding carboxylic acids is 2. The maximum Gasteiger partial charge on any atom is 0.337 e. The number of rotatable bonds is 6. The third-order valence-electron chi connectivity index (χ3n) is 3.49. The molecule has 0 saturated heterocycles. The van der Waals surface area contributed by atoms with Crippen LogP contribution in [-0.2, 0) is 11.3 Å². The van der Waals surface area contributed by atoms with E-state index in [2.05, 4.69) is 15.4 Å². The highest BCUT2D eigenvalue weighted by Crippen LogP contribution is 2.23. The van der Waals surface area contributed by atoms with E-state index in [1.54, 1.807) is 56.7 Å². The zero-order valence-electron chi connectivity index (χ0n) is 14.3. The molecule has 0 heterocycles. The fourth-order valence-electron chi connectivity index (χ4n) is 2.18. The topological polar surface area (TPSA) is 85.9 Å². The molecule has 0 spiro atoms. The van der Waals surface area contributed by atoms with Gasteiger partial charge in [0.15, 0.2) is 0 Å². The van der Waals surface area contributed by atoms with E-state index in [9.17, 15) is 9.59 Å². The Labute approximate surface area is 145 Å². The number of nitrogens with one attached hydrogen (secondary N) is 2. The van der Waals surface area contributed by atoms with Gasteiger partial charge in [-0.25, -0.2) is 9.59 Å². The molecule has 2 aromatic rings. The average molecular weight is 344 g/mol. The maximum atomic E-state index is 12.0. The number of benzene rings is 2. The lowest BCUT2D eigenvalue weighted by atomic mass is 10.2. The molecule has 0 aliphatic rings. The Morgan fingerprint density at radius 1 is 0.960 bits per heavy atom. The molecule has 2 N–H and O–H groups in total. The molecular formula is C18H20N2O5. The fraction of sp³-hybridized carbons (Fsp3) is 0.222. The van der Waals surface area contributed by atoms with E-state index in [0.717, 1.165) is 5.56 Å². The van der Waals surface area contributed by atoms with Crippen LogP contribution in [0.1, 0.15) is 15.9 Å². The van der Waals surface area contributed by atoms with Crippen LogP contribution in [0.3, 0.4) is 0 Å². The minimum atomic E-state index is -0.430. The Morgan fingerprint density at radius 3 is 2.28 bits per heavy atom. The van der Waals surface area contributed by atoms with Crippen molar-refractivity contribution in [2.45, 2.75) is 6.54 Å². The van der Waals surface area contributed by atoms with Crippen molar-refractivity contribution in [3.63, 3.8) is 0 Å². The Kier molecular flexibility index (Phi) is 6.22. The summed E-state index contributed by atoms with van der Waals surface area (Å²) in [7, 11) is 4.45. The third kappa shape index (κ3) is 4.87. The predicted molar refractivity (Wildman–Crippen MR) is 93.2 cm³/mol. The summed E-state index contributed by atoms with van der Waals surface area (Å²) in [6.07, 6.45) is 0. The number of urea groups is 1. The summed E-state index contributed by atoms with van der Waals surface area (Å²) in [5.74, 6) is 0.904. The highest BCUT2D eigenvalue weighted by atomic mass is 16.5. The van der Waals surface area contributed by atoms with Crippen LogP contribution < -0.4 is 20.1 Å². The van der Waals surface area contributed by atoms with Crippen LogP contribution in [0.2, 0.25) is 0 Å². The molecule has 0 saturated carbocycles. The van der Waals surface area contributed by atoms with Crippen LogP contribution >= 0.6 is 0 Å². The molecule has 2 rings (SSSR count). The number of hydrogen-bond donors (Lipinski definition) is 2. The summed E-state index contributed by atoms with van der Waals surface area (Å²) < 4.78 is 15.1. The normalized spacial score (nSPS) is 9.88. The number of esters is 1. The number of amides is 2. The highest BCUT2D eigenvalue weighted by molar-refractivity contribution is 5.92. The minimum absolute atomic E-state index is 0.270. The van der Waals surface area contributed by atoms with Crippen LogP contribution in [0.25, 0.3) is 0 Å². The largest absolute Gasteiger partial charge is 0.497 e. The molecule has 0 fully saturated rings. The van der Waals surface area contributed by atoms with Crippen molar-refractivity contribution in [1.82, 2.24) is 5.32 Å². The highest BCUT2D eigenvalue weighted by Gasteiger charge is 2.09.